The van der Waals surface area contributed by atoms with E-state index in [1.54, 1.807) is 11.3 Å². The Morgan fingerprint density at radius 2 is 2.00 bits per heavy atom. The third-order valence-corrected chi connectivity index (χ3v) is 6.53. The molecule has 1 fully saturated rings. The van der Waals surface area contributed by atoms with Crippen LogP contribution < -0.4 is 5.32 Å². The van der Waals surface area contributed by atoms with Crippen molar-refractivity contribution in [1.29, 1.82) is 0 Å². The summed E-state index contributed by atoms with van der Waals surface area (Å²) >= 11 is 7.77. The van der Waals surface area contributed by atoms with E-state index >= 15 is 0 Å². The van der Waals surface area contributed by atoms with E-state index < -0.39 is 0 Å². The van der Waals surface area contributed by atoms with Crippen molar-refractivity contribution >= 4 is 28.8 Å². The molecule has 0 spiro atoms. The quantitative estimate of drug-likeness (QED) is 0.641. The van der Waals surface area contributed by atoms with Crippen molar-refractivity contribution in [2.24, 2.45) is 5.92 Å². The fourth-order valence-corrected chi connectivity index (χ4v) is 5.13. The van der Waals surface area contributed by atoms with Gasteiger partial charge in [-0.15, -0.1) is 22.9 Å². The van der Waals surface area contributed by atoms with Gasteiger partial charge in [-0.1, -0.05) is 19.3 Å². The molecule has 116 valence electrons. The Hall–Kier alpha value is -0.540. The Bertz CT molecular complexity index is 475. The van der Waals surface area contributed by atoms with Gasteiger partial charge in [0, 0.05) is 16.8 Å². The van der Waals surface area contributed by atoms with Crippen LogP contribution in [0, 0.1) is 5.92 Å². The lowest BCUT2D eigenvalue weighted by molar-refractivity contribution is 0.0915. The number of nitrogens with one attached hydrogen (secondary N) is 1. The topological polar surface area (TPSA) is 29.1 Å². The molecule has 0 saturated heterocycles. The normalized spacial score (nSPS) is 26.0. The maximum atomic E-state index is 12.5. The number of carbonyl (C=O) groups excluding carboxylic acids is 1. The van der Waals surface area contributed by atoms with Crippen LogP contribution in [0.5, 0.6) is 0 Å². The monoisotopic (exact) mass is 325 g/mol. The first-order valence-corrected chi connectivity index (χ1v) is 9.61. The number of amides is 1. The number of halogens is 1. The van der Waals surface area contributed by atoms with Crippen molar-refractivity contribution in [3.63, 3.8) is 0 Å². The zero-order chi connectivity index (χ0) is 14.7. The molecule has 1 aromatic heterocycles. The molecule has 4 heteroatoms. The predicted octanol–water partition coefficient (Wildman–Crippen LogP) is 4.54. The minimum absolute atomic E-state index is 0.120. The summed E-state index contributed by atoms with van der Waals surface area (Å²) in [7, 11) is 0. The van der Waals surface area contributed by atoms with Gasteiger partial charge in [-0.05, 0) is 56.1 Å². The van der Waals surface area contributed by atoms with Crippen LogP contribution >= 0.6 is 22.9 Å². The fourth-order valence-electron chi connectivity index (χ4n) is 3.60. The lowest BCUT2D eigenvalue weighted by Gasteiger charge is -2.30. The number of carbonyl (C=O) groups is 1. The summed E-state index contributed by atoms with van der Waals surface area (Å²) in [5.74, 6) is 1.23. The van der Waals surface area contributed by atoms with Crippen molar-refractivity contribution in [3.8, 4) is 0 Å². The molecule has 2 atom stereocenters. The summed E-state index contributed by atoms with van der Waals surface area (Å²) in [5.41, 5.74) is 1.42. The Kier molecular flexibility index (Phi) is 5.23. The van der Waals surface area contributed by atoms with Gasteiger partial charge in [0.25, 0.3) is 5.91 Å². The Morgan fingerprint density at radius 1 is 1.19 bits per heavy atom. The summed E-state index contributed by atoms with van der Waals surface area (Å²) in [6.45, 7) is 0. The van der Waals surface area contributed by atoms with E-state index in [1.807, 2.05) is 0 Å². The maximum Gasteiger partial charge on any atom is 0.261 e. The molecule has 1 amide bonds. The van der Waals surface area contributed by atoms with Crippen LogP contribution in [0.25, 0.3) is 0 Å². The average Bonchev–Trinajstić information content (AvgIpc) is 2.79. The van der Waals surface area contributed by atoms with Crippen molar-refractivity contribution in [2.45, 2.75) is 63.8 Å². The molecule has 2 nitrogen and oxygen atoms in total. The minimum Gasteiger partial charge on any atom is -0.348 e. The second-order valence-electron chi connectivity index (χ2n) is 6.40. The summed E-state index contributed by atoms with van der Waals surface area (Å²) in [6, 6.07) is 2.41. The molecule has 1 aromatic rings. The summed E-state index contributed by atoms with van der Waals surface area (Å²) in [6.07, 6.45) is 10.8. The van der Waals surface area contributed by atoms with Gasteiger partial charge in [-0.2, -0.15) is 0 Å². The number of thiophene rings is 1. The van der Waals surface area contributed by atoms with Crippen molar-refractivity contribution in [3.05, 3.63) is 21.4 Å². The first-order valence-electron chi connectivity index (χ1n) is 8.26. The molecule has 1 heterocycles. The van der Waals surface area contributed by atoms with Crippen LogP contribution in [0.3, 0.4) is 0 Å². The molecule has 1 saturated carbocycles. The molecule has 0 bridgehead atoms. The van der Waals surface area contributed by atoms with Crippen molar-refractivity contribution in [2.75, 3.05) is 5.88 Å². The Morgan fingerprint density at radius 3 is 2.86 bits per heavy atom. The number of fused-ring (bicyclic) bond motifs is 1. The van der Waals surface area contributed by atoms with E-state index in [4.69, 9.17) is 11.6 Å². The lowest BCUT2D eigenvalue weighted by atomic mass is 9.86. The van der Waals surface area contributed by atoms with E-state index in [9.17, 15) is 4.79 Å². The highest BCUT2D eigenvalue weighted by Crippen LogP contribution is 2.30. The standard InChI is InChI=1S/C17H24ClNOS/c18-11-13-7-4-5-8-14(13)19-17(20)16-10-12-6-2-1-3-9-15(12)21-16/h10,13-14H,1-9,11H2,(H,19,20). The average molecular weight is 326 g/mol. The third kappa shape index (κ3) is 3.62. The zero-order valence-corrected chi connectivity index (χ0v) is 14.1. The van der Waals surface area contributed by atoms with Crippen LogP contribution in [0.15, 0.2) is 6.07 Å². The first-order chi connectivity index (χ1) is 10.3. The van der Waals surface area contributed by atoms with Gasteiger partial charge in [0.05, 0.1) is 4.88 Å². The van der Waals surface area contributed by atoms with Gasteiger partial charge in [0.2, 0.25) is 0 Å². The van der Waals surface area contributed by atoms with Crippen molar-refractivity contribution in [1.82, 2.24) is 5.32 Å². The largest absolute Gasteiger partial charge is 0.348 e. The molecular weight excluding hydrogens is 302 g/mol. The van der Waals surface area contributed by atoms with Crippen LogP contribution in [0.4, 0.5) is 0 Å². The molecule has 1 N–H and O–H groups in total. The van der Waals surface area contributed by atoms with Gasteiger partial charge < -0.3 is 5.32 Å². The van der Waals surface area contributed by atoms with Crippen LogP contribution in [0.2, 0.25) is 0 Å². The fraction of sp³-hybridized carbons (Fsp3) is 0.706. The highest BCUT2D eigenvalue weighted by molar-refractivity contribution is 7.14. The van der Waals surface area contributed by atoms with Gasteiger partial charge in [0.15, 0.2) is 0 Å². The maximum absolute atomic E-state index is 12.5. The molecule has 2 aliphatic rings. The van der Waals surface area contributed by atoms with Crippen LogP contribution in [-0.4, -0.2) is 17.8 Å². The predicted molar refractivity (Wildman–Crippen MR) is 89.5 cm³/mol. The molecule has 2 aliphatic carbocycles. The minimum atomic E-state index is 0.120. The SMILES string of the molecule is O=C(NC1CCCCC1CCl)c1cc2c(s1)CCCCC2. The second kappa shape index (κ2) is 7.15. The lowest BCUT2D eigenvalue weighted by Crippen LogP contribution is -2.42. The highest BCUT2D eigenvalue weighted by Gasteiger charge is 2.27. The zero-order valence-electron chi connectivity index (χ0n) is 12.5. The molecule has 2 unspecified atom stereocenters. The van der Waals surface area contributed by atoms with E-state index in [2.05, 4.69) is 11.4 Å². The highest BCUT2D eigenvalue weighted by atomic mass is 35.5. The Labute approximate surface area is 136 Å². The van der Waals surface area contributed by atoms with Gasteiger partial charge in [0.1, 0.15) is 0 Å². The number of rotatable bonds is 3. The third-order valence-electron chi connectivity index (χ3n) is 4.89. The van der Waals surface area contributed by atoms with Gasteiger partial charge in [-0.25, -0.2) is 0 Å². The number of aryl methyl sites for hydroxylation is 2. The molecule has 21 heavy (non-hydrogen) atoms. The summed E-state index contributed by atoms with van der Waals surface area (Å²) in [4.78, 5) is 14.9. The van der Waals surface area contributed by atoms with E-state index in [1.165, 1.54) is 42.5 Å². The molecule has 3 rings (SSSR count). The van der Waals surface area contributed by atoms with Gasteiger partial charge >= 0.3 is 0 Å². The van der Waals surface area contributed by atoms with E-state index in [0.29, 0.717) is 11.8 Å². The Balaban J connectivity index is 1.67. The van der Waals surface area contributed by atoms with E-state index in [-0.39, 0.29) is 11.9 Å². The van der Waals surface area contributed by atoms with Crippen LogP contribution in [-0.2, 0) is 12.8 Å². The first kappa shape index (κ1) is 15.4. The molecule has 0 radical (unpaired) electrons. The number of hydrogen-bond donors (Lipinski definition) is 1. The molecule has 0 aromatic carbocycles. The summed E-state index contributed by atoms with van der Waals surface area (Å²) < 4.78 is 0. The number of hydrogen-bond acceptors (Lipinski definition) is 2. The second-order valence-corrected chi connectivity index (χ2v) is 7.84. The molecule has 0 aliphatic heterocycles. The van der Waals surface area contributed by atoms with E-state index in [0.717, 1.165) is 30.6 Å². The van der Waals surface area contributed by atoms with Gasteiger partial charge in [-0.3, -0.25) is 4.79 Å². The smallest absolute Gasteiger partial charge is 0.261 e. The molecular formula is C17H24ClNOS. The number of alkyl halides is 1. The summed E-state index contributed by atoms with van der Waals surface area (Å²) in [5, 5.41) is 3.25. The van der Waals surface area contributed by atoms with Crippen molar-refractivity contribution < 1.29 is 4.79 Å². The van der Waals surface area contributed by atoms with Crippen LogP contribution in [0.1, 0.15) is 65.1 Å².